The van der Waals surface area contributed by atoms with E-state index >= 15 is 0 Å². The maximum Gasteiger partial charge on any atom is 0.334 e. The number of carbonyl (C=O) groups is 1. The molecule has 1 heterocycles. The van der Waals surface area contributed by atoms with Crippen LogP contribution in [0.4, 0.5) is 0 Å². The third kappa shape index (κ3) is 1.19. The maximum absolute atomic E-state index is 12.4. The highest BCUT2D eigenvalue weighted by molar-refractivity contribution is 5.93. The van der Waals surface area contributed by atoms with E-state index in [1.165, 1.54) is 7.11 Å². The van der Waals surface area contributed by atoms with E-state index < -0.39 is 5.60 Å². The quantitative estimate of drug-likeness (QED) is 0.575. The largest absolute Gasteiger partial charge is 0.466 e. The van der Waals surface area contributed by atoms with Crippen molar-refractivity contribution in [1.29, 1.82) is 0 Å². The minimum absolute atomic E-state index is 0.139. The Morgan fingerprint density at radius 3 is 1.95 bits per heavy atom. The van der Waals surface area contributed by atoms with Gasteiger partial charge in [-0.15, -0.1) is 0 Å². The molecule has 0 N–H and O–H groups in total. The summed E-state index contributed by atoms with van der Waals surface area (Å²) in [5.41, 5.74) is 0.629. The molecule has 0 aromatic rings. The molecule has 4 heteroatoms. The van der Waals surface area contributed by atoms with Gasteiger partial charge in [-0.2, -0.15) is 0 Å². The maximum atomic E-state index is 12.4. The van der Waals surface area contributed by atoms with Crippen LogP contribution in [0.2, 0.25) is 0 Å². The van der Waals surface area contributed by atoms with Gasteiger partial charge in [0.1, 0.15) is 5.60 Å². The van der Waals surface area contributed by atoms with E-state index in [1.54, 1.807) is 7.11 Å². The van der Waals surface area contributed by atoms with Crippen molar-refractivity contribution in [3.05, 3.63) is 11.1 Å². The molecule has 0 aromatic heterocycles. The van der Waals surface area contributed by atoms with Gasteiger partial charge in [0.05, 0.1) is 12.6 Å². The molecule has 1 fully saturated rings. The van der Waals surface area contributed by atoms with Gasteiger partial charge >= 0.3 is 5.97 Å². The molecule has 0 amide bonds. The van der Waals surface area contributed by atoms with Gasteiger partial charge in [-0.1, -0.05) is 13.8 Å². The van der Waals surface area contributed by atoms with E-state index in [0.717, 1.165) is 11.1 Å². The number of ether oxygens (including phenoxy) is 2. The zero-order valence-electron chi connectivity index (χ0n) is 14.2. The van der Waals surface area contributed by atoms with Crippen molar-refractivity contribution in [2.75, 3.05) is 21.3 Å². The van der Waals surface area contributed by atoms with Crippen molar-refractivity contribution in [1.82, 2.24) is 4.90 Å². The average Bonchev–Trinajstić information content (AvgIpc) is 2.86. The van der Waals surface area contributed by atoms with Gasteiger partial charge in [0.15, 0.2) is 0 Å². The third-order valence-corrected chi connectivity index (χ3v) is 6.90. The summed E-state index contributed by atoms with van der Waals surface area (Å²) in [7, 11) is 5.26. The number of hydrogen-bond donors (Lipinski definition) is 0. The van der Waals surface area contributed by atoms with Gasteiger partial charge in [0, 0.05) is 23.6 Å². The van der Waals surface area contributed by atoms with Crippen LogP contribution < -0.4 is 0 Å². The first-order valence-electron chi connectivity index (χ1n) is 7.07. The van der Waals surface area contributed by atoms with Crippen molar-refractivity contribution in [2.45, 2.75) is 58.2 Å². The van der Waals surface area contributed by atoms with E-state index in [1.807, 2.05) is 6.92 Å². The van der Waals surface area contributed by atoms with Crippen molar-refractivity contribution in [3.8, 4) is 0 Å². The molecule has 20 heavy (non-hydrogen) atoms. The topological polar surface area (TPSA) is 38.5 Å². The summed E-state index contributed by atoms with van der Waals surface area (Å²) in [6.07, 6.45) is 0. The third-order valence-electron chi connectivity index (χ3n) is 6.90. The van der Waals surface area contributed by atoms with Crippen LogP contribution in [0.1, 0.15) is 41.5 Å². The van der Waals surface area contributed by atoms with Crippen LogP contribution in [0.5, 0.6) is 0 Å². The summed E-state index contributed by atoms with van der Waals surface area (Å²) >= 11 is 0. The lowest BCUT2D eigenvalue weighted by molar-refractivity contribution is -0.138. The van der Waals surface area contributed by atoms with Crippen LogP contribution in [0.3, 0.4) is 0 Å². The van der Waals surface area contributed by atoms with Crippen LogP contribution in [0.25, 0.3) is 0 Å². The lowest BCUT2D eigenvalue weighted by Gasteiger charge is -2.48. The Kier molecular flexibility index (Phi) is 2.99. The number of rotatable bonds is 2. The molecule has 2 rings (SSSR count). The highest BCUT2D eigenvalue weighted by Crippen LogP contribution is 2.71. The first-order valence-corrected chi connectivity index (χ1v) is 7.07. The van der Waals surface area contributed by atoms with Crippen LogP contribution >= 0.6 is 0 Å². The Hall–Kier alpha value is -0.870. The summed E-state index contributed by atoms with van der Waals surface area (Å²) in [6.45, 7) is 12.7. The predicted octanol–water partition coefficient (Wildman–Crippen LogP) is 2.38. The fourth-order valence-corrected chi connectivity index (χ4v) is 4.79. The van der Waals surface area contributed by atoms with Gasteiger partial charge in [-0.3, -0.25) is 4.90 Å². The van der Waals surface area contributed by atoms with E-state index in [0.29, 0.717) is 0 Å². The van der Waals surface area contributed by atoms with E-state index in [-0.39, 0.29) is 22.5 Å². The molecule has 1 unspecified atom stereocenters. The minimum Gasteiger partial charge on any atom is -0.466 e. The Morgan fingerprint density at radius 2 is 1.55 bits per heavy atom. The molecule has 0 radical (unpaired) electrons. The van der Waals surface area contributed by atoms with Gasteiger partial charge in [0.2, 0.25) is 0 Å². The first-order chi connectivity index (χ1) is 8.98. The number of carbonyl (C=O) groups excluding carboxylic acids is 1. The molecule has 2 aliphatic rings. The van der Waals surface area contributed by atoms with Crippen molar-refractivity contribution < 1.29 is 14.3 Å². The molecular weight excluding hydrogens is 254 g/mol. The molecule has 0 spiro atoms. The molecule has 1 aliphatic heterocycles. The number of hydrogen-bond acceptors (Lipinski definition) is 4. The van der Waals surface area contributed by atoms with E-state index in [2.05, 4.69) is 46.6 Å². The minimum atomic E-state index is -0.504. The summed E-state index contributed by atoms with van der Waals surface area (Å²) in [5.74, 6) is -0.251. The second-order valence-corrected chi connectivity index (χ2v) is 7.06. The molecular formula is C16H27NO3. The average molecular weight is 281 g/mol. The molecule has 0 saturated carbocycles. The Bertz CT molecular complexity index is 510. The fourth-order valence-electron chi connectivity index (χ4n) is 4.79. The van der Waals surface area contributed by atoms with Crippen molar-refractivity contribution in [3.63, 3.8) is 0 Å². The summed E-state index contributed by atoms with van der Waals surface area (Å²) in [5, 5.41) is 0. The molecule has 1 saturated heterocycles. The van der Waals surface area contributed by atoms with Gasteiger partial charge in [-0.05, 0) is 40.3 Å². The number of fused-ring (bicyclic) bond motifs is 1. The highest BCUT2D eigenvalue weighted by atomic mass is 16.5. The van der Waals surface area contributed by atoms with Crippen molar-refractivity contribution >= 4 is 5.97 Å². The second kappa shape index (κ2) is 3.86. The van der Waals surface area contributed by atoms with Gasteiger partial charge in [-0.25, -0.2) is 4.79 Å². The molecule has 4 nitrogen and oxygen atoms in total. The summed E-state index contributed by atoms with van der Waals surface area (Å²) in [6, 6.07) is 0. The Balaban J connectivity index is 2.79. The van der Waals surface area contributed by atoms with E-state index in [4.69, 9.17) is 9.47 Å². The first kappa shape index (κ1) is 15.5. The summed E-state index contributed by atoms with van der Waals surface area (Å²) in [4.78, 5) is 14.7. The predicted molar refractivity (Wildman–Crippen MR) is 78.5 cm³/mol. The van der Waals surface area contributed by atoms with Gasteiger partial charge < -0.3 is 9.47 Å². The smallest absolute Gasteiger partial charge is 0.334 e. The normalized spacial score (nSPS) is 46.0. The van der Waals surface area contributed by atoms with Crippen LogP contribution in [-0.2, 0) is 14.3 Å². The molecule has 4 atom stereocenters. The van der Waals surface area contributed by atoms with E-state index in [9.17, 15) is 4.79 Å². The SMILES string of the molecule is COC(=O)C1=C(C)[C@@](C)(OC)[C@]2(C)N(C)[C@]2(C)C1(C)C. The van der Waals surface area contributed by atoms with Gasteiger partial charge in [0.25, 0.3) is 0 Å². The Labute approximate surface area is 122 Å². The Morgan fingerprint density at radius 1 is 1.05 bits per heavy atom. The number of nitrogens with zero attached hydrogens (tertiary/aromatic N) is 1. The standard InChI is InChI=1S/C16H27NO3/c1-10-11(12(18)19-8)13(2,3)15(5)16(6,17(15)7)14(10,4)20-9/h1-9H3/t14-,15-,16+,17?/m1/s1. The zero-order valence-corrected chi connectivity index (χ0v) is 14.2. The summed E-state index contributed by atoms with van der Waals surface area (Å²) < 4.78 is 10.9. The van der Waals surface area contributed by atoms with Crippen LogP contribution in [0, 0.1) is 5.41 Å². The lowest BCUT2D eigenvalue weighted by Crippen LogP contribution is -2.57. The monoisotopic (exact) mass is 281 g/mol. The zero-order chi connectivity index (χ0) is 15.7. The highest BCUT2D eigenvalue weighted by Gasteiger charge is 2.83. The second-order valence-electron chi connectivity index (χ2n) is 7.06. The molecule has 114 valence electrons. The fraction of sp³-hybridized carbons (Fsp3) is 0.812. The molecule has 0 aromatic carbocycles. The molecule has 0 bridgehead atoms. The van der Waals surface area contributed by atoms with Crippen molar-refractivity contribution in [2.24, 2.45) is 5.41 Å². The van der Waals surface area contributed by atoms with Crippen LogP contribution in [-0.4, -0.2) is 48.8 Å². The number of likely N-dealkylation sites (N-methyl/N-ethyl adjacent to an activating group) is 1. The lowest BCUT2D eigenvalue weighted by atomic mass is 9.57. The van der Waals surface area contributed by atoms with Crippen LogP contribution in [0.15, 0.2) is 11.1 Å². The molecule has 1 aliphatic carbocycles. The number of esters is 1. The number of methoxy groups -OCH3 is 2.